The van der Waals surface area contributed by atoms with Crippen LogP contribution in [0.5, 0.6) is 0 Å². The van der Waals surface area contributed by atoms with E-state index in [0.29, 0.717) is 24.1 Å². The molecule has 0 radical (unpaired) electrons. The highest BCUT2D eigenvalue weighted by atomic mass is 16.3. The Hall–Kier alpha value is -1.36. The number of nitrogen functional groups attached to an aromatic ring is 1. The first kappa shape index (κ1) is 11.7. The number of hydrogen-bond acceptors (Lipinski definition) is 5. The van der Waals surface area contributed by atoms with E-state index in [1.807, 2.05) is 0 Å². The minimum absolute atomic E-state index is 0.369. The molecule has 0 amide bonds. The van der Waals surface area contributed by atoms with Crippen LogP contribution in [-0.2, 0) is 0 Å². The van der Waals surface area contributed by atoms with E-state index >= 15 is 0 Å². The number of rotatable bonds is 5. The van der Waals surface area contributed by atoms with Crippen LogP contribution in [0.4, 0.5) is 11.6 Å². The summed E-state index contributed by atoms with van der Waals surface area (Å²) in [6.45, 7) is 4.61. The zero-order valence-electron chi connectivity index (χ0n) is 9.14. The summed E-state index contributed by atoms with van der Waals surface area (Å²) in [5.41, 5.74) is 5.98. The molecular weight excluding hydrogens is 192 g/mol. The second kappa shape index (κ2) is 5.50. The Labute approximate surface area is 89.7 Å². The molecule has 0 aromatic carbocycles. The second-order valence-corrected chi connectivity index (χ2v) is 4.00. The average molecular weight is 210 g/mol. The fourth-order valence-electron chi connectivity index (χ4n) is 1.27. The van der Waals surface area contributed by atoms with E-state index in [9.17, 15) is 5.11 Å². The quantitative estimate of drug-likeness (QED) is 0.671. The second-order valence-electron chi connectivity index (χ2n) is 4.00. The van der Waals surface area contributed by atoms with Crippen molar-refractivity contribution in [3.8, 4) is 0 Å². The molecule has 1 unspecified atom stereocenters. The lowest BCUT2D eigenvalue weighted by Crippen LogP contribution is -2.22. The largest absolute Gasteiger partial charge is 0.396 e. The van der Waals surface area contributed by atoms with Crippen molar-refractivity contribution in [1.82, 2.24) is 9.97 Å². The molecule has 0 spiro atoms. The highest BCUT2D eigenvalue weighted by molar-refractivity contribution is 5.35. The highest BCUT2D eigenvalue weighted by Gasteiger charge is 2.06. The average Bonchev–Trinajstić information content (AvgIpc) is 2.16. The smallest absolute Gasteiger partial charge is 0.222 e. The summed E-state index contributed by atoms with van der Waals surface area (Å²) in [6, 6.07) is 0. The first-order chi connectivity index (χ1) is 7.08. The Morgan fingerprint density at radius 3 is 2.53 bits per heavy atom. The predicted octanol–water partition coefficient (Wildman–Crippen LogP) is 0.878. The summed E-state index contributed by atoms with van der Waals surface area (Å²) in [7, 11) is 0. The molecule has 1 heterocycles. The summed E-state index contributed by atoms with van der Waals surface area (Å²) >= 11 is 0. The lowest BCUT2D eigenvalue weighted by molar-refractivity contribution is 0.161. The topological polar surface area (TPSA) is 84.1 Å². The van der Waals surface area contributed by atoms with Gasteiger partial charge in [0.1, 0.15) is 0 Å². The van der Waals surface area contributed by atoms with Gasteiger partial charge in [0.25, 0.3) is 0 Å². The maximum atomic E-state index is 9.59. The van der Waals surface area contributed by atoms with Crippen LogP contribution in [0.3, 0.4) is 0 Å². The summed E-state index contributed by atoms with van der Waals surface area (Å²) in [5, 5.41) is 12.5. The Balaban J connectivity index is 2.33. The van der Waals surface area contributed by atoms with Gasteiger partial charge in [-0.15, -0.1) is 0 Å². The minimum atomic E-state index is -0.369. The summed E-state index contributed by atoms with van der Waals surface area (Å²) in [4.78, 5) is 7.94. The number of nitrogens with two attached hydrogens (primary N) is 1. The number of nitrogens with zero attached hydrogens (tertiary/aromatic N) is 2. The third kappa shape index (κ3) is 4.60. The molecule has 0 saturated carbocycles. The van der Waals surface area contributed by atoms with Gasteiger partial charge in [-0.3, -0.25) is 0 Å². The van der Waals surface area contributed by atoms with Crippen LogP contribution in [-0.4, -0.2) is 27.7 Å². The lowest BCUT2D eigenvalue weighted by Gasteiger charge is -2.13. The number of aromatic nitrogens is 2. The van der Waals surface area contributed by atoms with Gasteiger partial charge in [0.2, 0.25) is 5.95 Å². The van der Waals surface area contributed by atoms with E-state index in [2.05, 4.69) is 29.1 Å². The Morgan fingerprint density at radius 2 is 2.00 bits per heavy atom. The summed E-state index contributed by atoms with van der Waals surface area (Å²) in [6.07, 6.45) is 3.46. The first-order valence-electron chi connectivity index (χ1n) is 5.07. The minimum Gasteiger partial charge on any atom is -0.396 e. The summed E-state index contributed by atoms with van der Waals surface area (Å²) in [5.74, 6) is 0.973. The molecule has 84 valence electrons. The molecule has 15 heavy (non-hydrogen) atoms. The van der Waals surface area contributed by atoms with Gasteiger partial charge in [-0.25, -0.2) is 9.97 Å². The fourth-order valence-corrected chi connectivity index (χ4v) is 1.27. The molecule has 5 heteroatoms. The molecule has 1 rings (SSSR count). The van der Waals surface area contributed by atoms with Crippen molar-refractivity contribution in [2.24, 2.45) is 5.92 Å². The number of aliphatic hydroxyl groups is 1. The maximum Gasteiger partial charge on any atom is 0.222 e. The molecular formula is C10H18N4O. The molecule has 5 nitrogen and oxygen atoms in total. The fraction of sp³-hybridized carbons (Fsp3) is 0.600. The zero-order chi connectivity index (χ0) is 11.3. The molecule has 0 aliphatic carbocycles. The van der Waals surface area contributed by atoms with Crippen molar-refractivity contribution in [1.29, 1.82) is 0 Å². The van der Waals surface area contributed by atoms with Gasteiger partial charge in [0, 0.05) is 6.54 Å². The van der Waals surface area contributed by atoms with Gasteiger partial charge < -0.3 is 16.2 Å². The van der Waals surface area contributed by atoms with Crippen molar-refractivity contribution in [2.45, 2.75) is 26.4 Å². The molecule has 0 bridgehead atoms. The van der Waals surface area contributed by atoms with Gasteiger partial charge >= 0.3 is 0 Å². The molecule has 0 aliphatic rings. The number of anilines is 2. The number of nitrogens with one attached hydrogen (secondary N) is 1. The van der Waals surface area contributed by atoms with Crippen molar-refractivity contribution in [3.05, 3.63) is 12.4 Å². The van der Waals surface area contributed by atoms with Crippen molar-refractivity contribution in [3.63, 3.8) is 0 Å². The van der Waals surface area contributed by atoms with Crippen molar-refractivity contribution in [2.75, 3.05) is 17.6 Å². The van der Waals surface area contributed by atoms with Crippen LogP contribution in [0.15, 0.2) is 12.4 Å². The van der Waals surface area contributed by atoms with E-state index in [-0.39, 0.29) is 6.10 Å². The van der Waals surface area contributed by atoms with Crippen LogP contribution in [0.25, 0.3) is 0 Å². The maximum absolute atomic E-state index is 9.59. The van der Waals surface area contributed by atoms with E-state index in [1.54, 1.807) is 0 Å². The predicted molar refractivity (Wildman–Crippen MR) is 60.4 cm³/mol. The molecule has 0 saturated heterocycles. The monoisotopic (exact) mass is 210 g/mol. The highest BCUT2D eigenvalue weighted by Crippen LogP contribution is 2.06. The van der Waals surface area contributed by atoms with Crippen molar-refractivity contribution < 1.29 is 5.11 Å². The van der Waals surface area contributed by atoms with E-state index in [1.165, 1.54) is 12.4 Å². The van der Waals surface area contributed by atoms with Gasteiger partial charge in [-0.1, -0.05) is 13.8 Å². The number of aliphatic hydroxyl groups excluding tert-OH is 1. The van der Waals surface area contributed by atoms with Crippen LogP contribution in [0.1, 0.15) is 20.3 Å². The van der Waals surface area contributed by atoms with Crippen LogP contribution < -0.4 is 11.1 Å². The van der Waals surface area contributed by atoms with E-state index in [4.69, 9.17) is 5.73 Å². The standard InChI is InChI=1S/C10H18N4O/c1-7(2)3-9(15)6-14-10-12-4-8(11)5-13-10/h4-5,7,9,15H,3,6,11H2,1-2H3,(H,12,13,14). The van der Waals surface area contributed by atoms with Crippen molar-refractivity contribution >= 4 is 11.6 Å². The van der Waals surface area contributed by atoms with Crippen LogP contribution in [0.2, 0.25) is 0 Å². The zero-order valence-corrected chi connectivity index (χ0v) is 9.14. The van der Waals surface area contributed by atoms with E-state index < -0.39 is 0 Å². The molecule has 0 fully saturated rings. The lowest BCUT2D eigenvalue weighted by atomic mass is 10.1. The van der Waals surface area contributed by atoms with Gasteiger partial charge in [-0.2, -0.15) is 0 Å². The molecule has 4 N–H and O–H groups in total. The third-order valence-electron chi connectivity index (χ3n) is 1.91. The molecule has 1 atom stereocenters. The Kier molecular flexibility index (Phi) is 4.30. The molecule has 1 aromatic rings. The van der Waals surface area contributed by atoms with Gasteiger partial charge in [0.05, 0.1) is 24.2 Å². The summed E-state index contributed by atoms with van der Waals surface area (Å²) < 4.78 is 0. The normalized spacial score (nSPS) is 12.8. The van der Waals surface area contributed by atoms with Gasteiger partial charge in [0.15, 0.2) is 0 Å². The number of hydrogen-bond donors (Lipinski definition) is 3. The molecule has 0 aliphatic heterocycles. The third-order valence-corrected chi connectivity index (χ3v) is 1.91. The van der Waals surface area contributed by atoms with Crippen LogP contribution >= 0.6 is 0 Å². The molecule has 1 aromatic heterocycles. The Morgan fingerprint density at radius 1 is 1.40 bits per heavy atom. The van der Waals surface area contributed by atoms with Crippen LogP contribution in [0, 0.1) is 5.92 Å². The SMILES string of the molecule is CC(C)CC(O)CNc1ncc(N)cn1. The Bertz CT molecular complexity index is 286. The first-order valence-corrected chi connectivity index (χ1v) is 5.07. The van der Waals surface area contributed by atoms with Gasteiger partial charge in [-0.05, 0) is 12.3 Å². The van der Waals surface area contributed by atoms with E-state index in [0.717, 1.165) is 6.42 Å².